The van der Waals surface area contributed by atoms with Gasteiger partial charge in [0.1, 0.15) is 5.82 Å². The van der Waals surface area contributed by atoms with Gasteiger partial charge in [0, 0.05) is 6.20 Å². The van der Waals surface area contributed by atoms with Gasteiger partial charge in [-0.25, -0.2) is 9.97 Å². The highest BCUT2D eigenvalue weighted by molar-refractivity contribution is 5.13. The zero-order valence-electron chi connectivity index (χ0n) is 6.15. The van der Waals surface area contributed by atoms with Gasteiger partial charge in [0.25, 0.3) is 0 Å². The van der Waals surface area contributed by atoms with Crippen molar-refractivity contribution >= 4 is 0 Å². The largest absolute Gasteiger partial charge is 0.374 e. The minimum Gasteiger partial charge on any atom is -0.374 e. The van der Waals surface area contributed by atoms with Crippen LogP contribution in [0.3, 0.4) is 0 Å². The van der Waals surface area contributed by atoms with E-state index < -0.39 is 6.10 Å². The second-order valence-electron chi connectivity index (χ2n) is 2.10. The molecule has 3 heteroatoms. The standard InChI is InChI=1S/C8H8N2O/c1-3-8(11)7-4-5-9-6(2)10-7/h1,4-5,8,11H,2H3. The van der Waals surface area contributed by atoms with E-state index in [4.69, 9.17) is 11.5 Å². The summed E-state index contributed by atoms with van der Waals surface area (Å²) in [6.07, 6.45) is 5.64. The minimum atomic E-state index is -0.920. The molecule has 0 radical (unpaired) electrons. The van der Waals surface area contributed by atoms with E-state index in [9.17, 15) is 0 Å². The van der Waals surface area contributed by atoms with Crippen LogP contribution in [0.1, 0.15) is 17.6 Å². The van der Waals surface area contributed by atoms with Gasteiger partial charge in [0.05, 0.1) is 5.69 Å². The van der Waals surface area contributed by atoms with E-state index in [0.29, 0.717) is 11.5 Å². The molecule has 1 aromatic heterocycles. The first-order valence-corrected chi connectivity index (χ1v) is 3.18. The maximum Gasteiger partial charge on any atom is 0.156 e. The van der Waals surface area contributed by atoms with Crippen LogP contribution in [-0.2, 0) is 0 Å². The van der Waals surface area contributed by atoms with Gasteiger partial charge in [-0.15, -0.1) is 6.42 Å². The molecular weight excluding hydrogens is 140 g/mol. The predicted octanol–water partition coefficient (Wildman–Crippen LogP) is 0.452. The van der Waals surface area contributed by atoms with Crippen LogP contribution < -0.4 is 0 Å². The van der Waals surface area contributed by atoms with Crippen LogP contribution in [0.15, 0.2) is 12.3 Å². The van der Waals surface area contributed by atoms with Crippen LogP contribution in [0.2, 0.25) is 0 Å². The third kappa shape index (κ3) is 1.76. The molecular formula is C8H8N2O. The summed E-state index contributed by atoms with van der Waals surface area (Å²) in [7, 11) is 0. The van der Waals surface area contributed by atoms with Crippen LogP contribution in [-0.4, -0.2) is 15.1 Å². The van der Waals surface area contributed by atoms with Crippen LogP contribution in [0, 0.1) is 19.3 Å². The lowest BCUT2D eigenvalue weighted by atomic mass is 10.2. The van der Waals surface area contributed by atoms with Gasteiger partial charge in [-0.3, -0.25) is 0 Å². The van der Waals surface area contributed by atoms with Crippen LogP contribution in [0.25, 0.3) is 0 Å². The summed E-state index contributed by atoms with van der Waals surface area (Å²) < 4.78 is 0. The van der Waals surface area contributed by atoms with Crippen LogP contribution in [0.5, 0.6) is 0 Å². The van der Waals surface area contributed by atoms with E-state index in [-0.39, 0.29) is 0 Å². The quantitative estimate of drug-likeness (QED) is 0.588. The molecule has 1 unspecified atom stereocenters. The Kier molecular flexibility index (Phi) is 2.19. The summed E-state index contributed by atoms with van der Waals surface area (Å²) in [5.41, 5.74) is 0.472. The highest BCUT2D eigenvalue weighted by Crippen LogP contribution is 2.06. The lowest BCUT2D eigenvalue weighted by Crippen LogP contribution is -1.99. The maximum absolute atomic E-state index is 9.13. The van der Waals surface area contributed by atoms with Crippen LogP contribution >= 0.6 is 0 Å². The van der Waals surface area contributed by atoms with Crippen molar-refractivity contribution in [3.8, 4) is 12.3 Å². The first-order valence-electron chi connectivity index (χ1n) is 3.18. The summed E-state index contributed by atoms with van der Waals surface area (Å²) in [6.45, 7) is 1.74. The molecule has 1 atom stereocenters. The first kappa shape index (κ1) is 7.70. The predicted molar refractivity (Wildman–Crippen MR) is 40.6 cm³/mol. The molecule has 1 N–H and O–H groups in total. The summed E-state index contributed by atoms with van der Waals surface area (Å²) in [5, 5.41) is 9.13. The SMILES string of the molecule is C#CC(O)c1ccnc(C)n1. The lowest BCUT2D eigenvalue weighted by Gasteiger charge is -2.01. The molecule has 1 aromatic rings. The Labute approximate surface area is 65.1 Å². The van der Waals surface area contributed by atoms with E-state index >= 15 is 0 Å². The third-order valence-corrected chi connectivity index (χ3v) is 1.24. The number of aliphatic hydroxyl groups excluding tert-OH is 1. The molecule has 1 heterocycles. The van der Waals surface area contributed by atoms with Gasteiger partial charge in [0.2, 0.25) is 0 Å². The minimum absolute atomic E-state index is 0.472. The number of hydrogen-bond acceptors (Lipinski definition) is 3. The van der Waals surface area contributed by atoms with Gasteiger partial charge in [0.15, 0.2) is 6.10 Å². The van der Waals surface area contributed by atoms with Crippen LogP contribution in [0.4, 0.5) is 0 Å². The number of aryl methyl sites for hydroxylation is 1. The summed E-state index contributed by atoms with van der Waals surface area (Å²) in [5.74, 6) is 2.78. The number of aliphatic hydroxyl groups is 1. The zero-order valence-corrected chi connectivity index (χ0v) is 6.15. The molecule has 0 amide bonds. The Bertz CT molecular complexity index is 290. The molecule has 0 aliphatic rings. The molecule has 0 fully saturated rings. The third-order valence-electron chi connectivity index (χ3n) is 1.24. The van der Waals surface area contributed by atoms with Crippen molar-refractivity contribution in [3.63, 3.8) is 0 Å². The van der Waals surface area contributed by atoms with Gasteiger partial charge in [-0.2, -0.15) is 0 Å². The Morgan fingerprint density at radius 2 is 2.45 bits per heavy atom. The smallest absolute Gasteiger partial charge is 0.156 e. The summed E-state index contributed by atoms with van der Waals surface area (Å²) >= 11 is 0. The van der Waals surface area contributed by atoms with E-state index in [1.54, 1.807) is 19.2 Å². The Morgan fingerprint density at radius 1 is 1.73 bits per heavy atom. The van der Waals surface area contributed by atoms with E-state index in [1.165, 1.54) is 0 Å². The fourth-order valence-electron chi connectivity index (χ4n) is 0.712. The van der Waals surface area contributed by atoms with E-state index in [2.05, 4.69) is 15.9 Å². The van der Waals surface area contributed by atoms with Crippen molar-refractivity contribution in [1.82, 2.24) is 9.97 Å². The second kappa shape index (κ2) is 3.13. The number of terminal acetylenes is 1. The molecule has 0 saturated heterocycles. The fourth-order valence-corrected chi connectivity index (χ4v) is 0.712. The van der Waals surface area contributed by atoms with Crippen molar-refractivity contribution in [2.45, 2.75) is 13.0 Å². The summed E-state index contributed by atoms with van der Waals surface area (Å²) in [4.78, 5) is 7.81. The number of nitrogens with zero attached hydrogens (tertiary/aromatic N) is 2. The van der Waals surface area contributed by atoms with Crippen molar-refractivity contribution in [2.24, 2.45) is 0 Å². The van der Waals surface area contributed by atoms with Crippen molar-refractivity contribution < 1.29 is 5.11 Å². The molecule has 0 bridgehead atoms. The molecule has 0 aliphatic heterocycles. The first-order chi connectivity index (χ1) is 5.24. The second-order valence-corrected chi connectivity index (χ2v) is 2.10. The highest BCUT2D eigenvalue weighted by atomic mass is 16.3. The van der Waals surface area contributed by atoms with E-state index in [0.717, 1.165) is 0 Å². The monoisotopic (exact) mass is 148 g/mol. The average Bonchev–Trinajstić information content (AvgIpc) is 2.03. The Morgan fingerprint density at radius 3 is 3.00 bits per heavy atom. The number of rotatable bonds is 1. The molecule has 3 nitrogen and oxygen atoms in total. The molecule has 0 spiro atoms. The molecule has 0 aliphatic carbocycles. The zero-order chi connectivity index (χ0) is 8.27. The van der Waals surface area contributed by atoms with Gasteiger partial charge < -0.3 is 5.11 Å². The van der Waals surface area contributed by atoms with Gasteiger partial charge in [-0.05, 0) is 13.0 Å². The van der Waals surface area contributed by atoms with E-state index in [1.807, 2.05) is 0 Å². The molecule has 0 saturated carbocycles. The molecule has 11 heavy (non-hydrogen) atoms. The number of hydrogen-bond donors (Lipinski definition) is 1. The van der Waals surface area contributed by atoms with Crippen molar-refractivity contribution in [3.05, 3.63) is 23.8 Å². The topological polar surface area (TPSA) is 46.0 Å². The van der Waals surface area contributed by atoms with Crippen molar-refractivity contribution in [2.75, 3.05) is 0 Å². The molecule has 0 aromatic carbocycles. The average molecular weight is 148 g/mol. The molecule has 56 valence electrons. The number of aromatic nitrogens is 2. The normalized spacial score (nSPS) is 12.1. The molecule has 1 rings (SSSR count). The van der Waals surface area contributed by atoms with Gasteiger partial charge in [-0.1, -0.05) is 5.92 Å². The summed E-state index contributed by atoms with van der Waals surface area (Å²) in [6, 6.07) is 1.59. The fraction of sp³-hybridized carbons (Fsp3) is 0.250. The Hall–Kier alpha value is -1.40. The van der Waals surface area contributed by atoms with Crippen molar-refractivity contribution in [1.29, 1.82) is 0 Å². The maximum atomic E-state index is 9.13. The van der Waals surface area contributed by atoms with Gasteiger partial charge >= 0.3 is 0 Å². The lowest BCUT2D eigenvalue weighted by molar-refractivity contribution is 0.233. The Balaban J connectivity index is 2.98. The highest BCUT2D eigenvalue weighted by Gasteiger charge is 2.03.